The monoisotopic (exact) mass is 489 g/mol. The number of anilines is 2. The van der Waals surface area contributed by atoms with Gasteiger partial charge >= 0.3 is 6.18 Å². The van der Waals surface area contributed by atoms with Crippen LogP contribution in [-0.2, 0) is 21.7 Å². The number of nitrogens with one attached hydrogen (secondary N) is 2. The summed E-state index contributed by atoms with van der Waals surface area (Å²) < 4.78 is 102. The van der Waals surface area contributed by atoms with Gasteiger partial charge in [-0.3, -0.25) is 4.78 Å². The minimum absolute atomic E-state index is 0.0484. The van der Waals surface area contributed by atoms with Gasteiger partial charge in [0.2, 0.25) is 5.95 Å². The smallest absolute Gasteiger partial charge is 0.330 e. The number of rotatable bonds is 7. The van der Waals surface area contributed by atoms with Crippen LogP contribution in [0.3, 0.4) is 0 Å². The van der Waals surface area contributed by atoms with Crippen molar-refractivity contribution in [2.45, 2.75) is 11.9 Å². The summed E-state index contributed by atoms with van der Waals surface area (Å²) >= 11 is 0. The van der Waals surface area contributed by atoms with Crippen molar-refractivity contribution in [3.63, 3.8) is 0 Å². The molecule has 33 heavy (non-hydrogen) atoms. The Morgan fingerprint density at radius 2 is 1.79 bits per heavy atom. The minimum atomic E-state index is -4.75. The third-order valence-electron chi connectivity index (χ3n) is 4.35. The molecule has 0 radical (unpaired) electrons. The molecule has 3 rings (SSSR count). The molecule has 6 nitrogen and oxygen atoms in total. The summed E-state index contributed by atoms with van der Waals surface area (Å²) in [4.78, 5) is 7.45. The quantitative estimate of drug-likeness (QED) is 0.413. The van der Waals surface area contributed by atoms with Crippen LogP contribution in [0.1, 0.15) is 11.1 Å². The zero-order valence-corrected chi connectivity index (χ0v) is 17.5. The van der Waals surface area contributed by atoms with Gasteiger partial charge in [-0.2, -0.15) is 13.2 Å². The number of nitrogens with zero attached hydrogens (tertiary/aromatic N) is 2. The number of benzene rings is 2. The average molecular weight is 489 g/mol. The zero-order valence-electron chi connectivity index (χ0n) is 16.7. The van der Waals surface area contributed by atoms with E-state index in [0.717, 1.165) is 24.3 Å². The van der Waals surface area contributed by atoms with Gasteiger partial charge in [-0.25, -0.2) is 27.3 Å². The van der Waals surface area contributed by atoms with Gasteiger partial charge in [0.15, 0.2) is 5.82 Å². The largest absolute Gasteiger partial charge is 0.416 e. The van der Waals surface area contributed by atoms with E-state index in [1.54, 1.807) is 0 Å². The molecule has 4 N–H and O–H groups in total. The van der Waals surface area contributed by atoms with E-state index in [-0.39, 0.29) is 35.1 Å². The van der Waals surface area contributed by atoms with E-state index in [4.69, 9.17) is 10.5 Å². The van der Waals surface area contributed by atoms with Gasteiger partial charge in [0, 0.05) is 39.3 Å². The first-order valence-electron chi connectivity index (χ1n) is 9.28. The lowest BCUT2D eigenvalue weighted by Crippen LogP contribution is -2.16. The minimum Gasteiger partial charge on any atom is -0.330 e. The number of aromatic nitrogens is 2. The molecular weight excluding hydrogens is 472 g/mol. The Bertz CT molecular complexity index is 1280. The van der Waals surface area contributed by atoms with Crippen LogP contribution in [0.15, 0.2) is 42.6 Å². The highest BCUT2D eigenvalue weighted by Gasteiger charge is 2.31. The van der Waals surface area contributed by atoms with Crippen LogP contribution in [0.25, 0.3) is 11.3 Å². The highest BCUT2D eigenvalue weighted by Crippen LogP contribution is 2.33. The molecule has 176 valence electrons. The van der Waals surface area contributed by atoms with Crippen molar-refractivity contribution >= 4 is 21.4 Å². The van der Waals surface area contributed by atoms with Crippen molar-refractivity contribution in [2.75, 3.05) is 17.6 Å². The van der Waals surface area contributed by atoms with Crippen molar-refractivity contribution in [1.82, 2.24) is 9.97 Å². The van der Waals surface area contributed by atoms with E-state index in [9.17, 15) is 30.6 Å². The molecule has 13 heteroatoms. The number of alkyl halides is 3. The predicted octanol–water partition coefficient (Wildman–Crippen LogP) is 4.83. The van der Waals surface area contributed by atoms with Gasteiger partial charge in [-0.15, -0.1) is 0 Å². The van der Waals surface area contributed by atoms with Crippen LogP contribution in [0, 0.1) is 22.2 Å². The number of halogens is 6. The van der Waals surface area contributed by atoms with E-state index in [1.807, 2.05) is 0 Å². The molecule has 1 heterocycles. The van der Waals surface area contributed by atoms with Gasteiger partial charge in [0.05, 0.1) is 17.5 Å². The number of hydrogen-bond acceptors (Lipinski definition) is 6. The lowest BCUT2D eigenvalue weighted by Gasteiger charge is -2.14. The van der Waals surface area contributed by atoms with Gasteiger partial charge in [-0.05, 0) is 35.9 Å². The van der Waals surface area contributed by atoms with Crippen LogP contribution < -0.4 is 11.1 Å². The molecular formula is C20H17F6N5OS. The average Bonchev–Trinajstić information content (AvgIpc) is 2.68. The molecule has 0 fully saturated rings. The lowest BCUT2D eigenvalue weighted by atomic mass is 10.1. The Labute approximate surface area is 184 Å². The molecule has 0 aliphatic heterocycles. The molecule has 1 aromatic heterocycles. The van der Waals surface area contributed by atoms with Crippen LogP contribution in [0.2, 0.25) is 0 Å². The van der Waals surface area contributed by atoms with Gasteiger partial charge < -0.3 is 11.1 Å². The van der Waals surface area contributed by atoms with Crippen molar-refractivity contribution in [1.29, 1.82) is 4.78 Å². The fourth-order valence-corrected chi connectivity index (χ4v) is 4.20. The number of nitrogens with two attached hydrogens (primary N) is 1. The lowest BCUT2D eigenvalue weighted by molar-refractivity contribution is -0.137. The highest BCUT2D eigenvalue weighted by atomic mass is 32.2. The summed E-state index contributed by atoms with van der Waals surface area (Å²) in [5.74, 6) is -4.05. The Morgan fingerprint density at radius 3 is 2.42 bits per heavy atom. The zero-order chi connectivity index (χ0) is 24.4. The Balaban J connectivity index is 2.01. The maximum atomic E-state index is 14.2. The summed E-state index contributed by atoms with van der Waals surface area (Å²) in [6.45, 7) is -0.0709. The molecule has 0 saturated carbocycles. The number of hydrogen-bond donors (Lipinski definition) is 3. The van der Waals surface area contributed by atoms with Crippen molar-refractivity contribution in [3.8, 4) is 11.3 Å². The fourth-order valence-electron chi connectivity index (χ4n) is 2.97. The van der Waals surface area contributed by atoms with Crippen molar-refractivity contribution < 1.29 is 30.6 Å². The second-order valence-electron chi connectivity index (χ2n) is 7.00. The van der Waals surface area contributed by atoms with Gasteiger partial charge in [0.25, 0.3) is 0 Å². The fraction of sp³-hybridized carbons (Fsp3) is 0.200. The first kappa shape index (κ1) is 24.5. The van der Waals surface area contributed by atoms with Crippen LogP contribution in [0.4, 0.5) is 38.0 Å². The summed E-state index contributed by atoms with van der Waals surface area (Å²) in [5, 5.41) is 2.48. The van der Waals surface area contributed by atoms with Gasteiger partial charge in [0.1, 0.15) is 17.3 Å². The molecule has 0 bridgehead atoms. The van der Waals surface area contributed by atoms with E-state index < -0.39 is 50.4 Å². The van der Waals surface area contributed by atoms with Crippen LogP contribution >= 0.6 is 0 Å². The van der Waals surface area contributed by atoms with E-state index in [0.29, 0.717) is 12.3 Å². The maximum Gasteiger partial charge on any atom is 0.416 e. The van der Waals surface area contributed by atoms with Gasteiger partial charge in [-0.1, -0.05) is 0 Å². The van der Waals surface area contributed by atoms with Crippen molar-refractivity contribution in [2.24, 2.45) is 5.73 Å². The Hall–Kier alpha value is -3.19. The summed E-state index contributed by atoms with van der Waals surface area (Å²) in [5.41, 5.74) is 3.08. The Morgan fingerprint density at radius 1 is 1.06 bits per heavy atom. The van der Waals surface area contributed by atoms with E-state index in [2.05, 4.69) is 15.3 Å². The molecule has 3 aromatic rings. The third kappa shape index (κ3) is 6.20. The highest BCUT2D eigenvalue weighted by molar-refractivity contribution is 7.91. The van der Waals surface area contributed by atoms with Crippen molar-refractivity contribution in [3.05, 3.63) is 71.2 Å². The Kier molecular flexibility index (Phi) is 6.93. The second-order valence-corrected chi connectivity index (χ2v) is 9.33. The molecule has 0 amide bonds. The third-order valence-corrected chi connectivity index (χ3v) is 6.05. The predicted molar refractivity (Wildman–Crippen MR) is 111 cm³/mol. The van der Waals surface area contributed by atoms with E-state index in [1.165, 1.54) is 6.07 Å². The molecule has 0 aliphatic rings. The molecule has 2 aromatic carbocycles. The SMILES string of the molecule is N=S(=O)(CCN)Cc1cc(Nc2ncc(F)c(-c3ccc(F)cc3F)n2)cc(C(F)(F)F)c1. The second kappa shape index (κ2) is 9.35. The normalized spacial score (nSPS) is 13.5. The molecule has 0 spiro atoms. The van der Waals surface area contributed by atoms with Crippen LogP contribution in [0.5, 0.6) is 0 Å². The molecule has 1 atom stereocenters. The molecule has 1 unspecified atom stereocenters. The first-order valence-corrected chi connectivity index (χ1v) is 11.2. The van der Waals surface area contributed by atoms with E-state index >= 15 is 0 Å². The summed E-state index contributed by atoms with van der Waals surface area (Å²) in [6.07, 6.45) is -4.07. The molecule has 0 aliphatic carbocycles. The van der Waals surface area contributed by atoms with Crippen LogP contribution in [-0.4, -0.2) is 26.5 Å². The topological polar surface area (TPSA) is 105 Å². The first-order chi connectivity index (χ1) is 15.4. The summed E-state index contributed by atoms with van der Waals surface area (Å²) in [7, 11) is -3.27. The summed E-state index contributed by atoms with van der Waals surface area (Å²) in [6, 6.07) is 5.09. The maximum absolute atomic E-state index is 14.2. The molecule has 0 saturated heterocycles. The standard InChI is InChI=1S/C20H17F6N5OS/c21-13-1-2-15(16(22)8-13)18-17(23)9-29-19(31-18)30-14-6-11(10-33(28,32)4-3-27)5-12(7-14)20(24,25)26/h1-2,5-9,28H,3-4,10,27H2,(H,29,30,31).